The summed E-state index contributed by atoms with van der Waals surface area (Å²) in [4.78, 5) is 11.3. The Morgan fingerprint density at radius 2 is 2.05 bits per heavy atom. The van der Waals surface area contributed by atoms with Crippen LogP contribution >= 0.6 is 0 Å². The van der Waals surface area contributed by atoms with E-state index in [-0.39, 0.29) is 0 Å². The second kappa shape index (κ2) is 5.67. The molecule has 4 nitrogen and oxygen atoms in total. The van der Waals surface area contributed by atoms with E-state index in [1.165, 1.54) is 0 Å². The predicted molar refractivity (Wildman–Crippen MR) is 81.4 cm³/mol. The summed E-state index contributed by atoms with van der Waals surface area (Å²) in [5.41, 5.74) is 9.40. The Labute approximate surface area is 119 Å². The second-order valence-electron chi connectivity index (χ2n) is 5.38. The van der Waals surface area contributed by atoms with E-state index in [1.807, 2.05) is 0 Å². The van der Waals surface area contributed by atoms with E-state index in [0.717, 1.165) is 34.9 Å². The third kappa shape index (κ3) is 2.43. The third-order valence-electron chi connectivity index (χ3n) is 3.69. The van der Waals surface area contributed by atoms with Crippen molar-refractivity contribution in [2.24, 2.45) is 5.73 Å². The van der Waals surface area contributed by atoms with Gasteiger partial charge in [-0.2, -0.15) is 0 Å². The van der Waals surface area contributed by atoms with E-state index in [1.54, 1.807) is 12.1 Å². The lowest BCUT2D eigenvalue weighted by Gasteiger charge is -2.12. The van der Waals surface area contributed by atoms with Crippen LogP contribution in [0, 0.1) is 0 Å². The number of aromatic carboxylic acids is 1. The number of nitrogens with two attached hydrogens (primary N) is 1. The molecule has 0 aliphatic rings. The molecule has 108 valence electrons. The highest BCUT2D eigenvalue weighted by molar-refractivity contribution is 5.96. The first kappa shape index (κ1) is 14.6. The Hall–Kier alpha value is -1.81. The number of aryl methyl sites for hydroxylation is 1. The van der Waals surface area contributed by atoms with Gasteiger partial charge in [-0.1, -0.05) is 6.92 Å². The first-order valence-electron chi connectivity index (χ1n) is 7.09. The Balaban J connectivity index is 2.81. The molecule has 0 saturated carbocycles. The monoisotopic (exact) mass is 274 g/mol. The van der Waals surface area contributed by atoms with E-state index >= 15 is 0 Å². The maximum Gasteiger partial charge on any atom is 0.335 e. The highest BCUT2D eigenvalue weighted by atomic mass is 16.4. The summed E-state index contributed by atoms with van der Waals surface area (Å²) in [6.07, 6.45) is 3.70. The molecule has 2 rings (SSSR count). The zero-order valence-electron chi connectivity index (χ0n) is 12.3. The lowest BCUT2D eigenvalue weighted by Crippen LogP contribution is -2.03. The van der Waals surface area contributed by atoms with Crippen LogP contribution in [0.1, 0.15) is 48.3 Å². The summed E-state index contributed by atoms with van der Waals surface area (Å²) in [6, 6.07) is 3.90. The van der Waals surface area contributed by atoms with Crippen LogP contribution in [-0.2, 0) is 12.8 Å². The largest absolute Gasteiger partial charge is 0.478 e. The van der Waals surface area contributed by atoms with E-state index in [2.05, 4.69) is 31.5 Å². The van der Waals surface area contributed by atoms with Crippen LogP contribution in [-0.4, -0.2) is 22.2 Å². The van der Waals surface area contributed by atoms with Crippen molar-refractivity contribution in [1.82, 2.24) is 4.57 Å². The third-order valence-corrected chi connectivity index (χ3v) is 3.69. The van der Waals surface area contributed by atoms with Crippen molar-refractivity contribution in [2.45, 2.75) is 39.7 Å². The predicted octanol–water partition coefficient (Wildman–Crippen LogP) is 2.98. The Morgan fingerprint density at radius 3 is 2.55 bits per heavy atom. The van der Waals surface area contributed by atoms with Crippen molar-refractivity contribution in [2.75, 3.05) is 6.54 Å². The molecule has 2 aromatic rings. The maximum absolute atomic E-state index is 11.3. The molecule has 4 heteroatoms. The van der Waals surface area contributed by atoms with Gasteiger partial charge < -0.3 is 15.4 Å². The van der Waals surface area contributed by atoms with Gasteiger partial charge in [0, 0.05) is 17.6 Å². The fourth-order valence-corrected chi connectivity index (χ4v) is 2.70. The lowest BCUT2D eigenvalue weighted by atomic mass is 10.0. The van der Waals surface area contributed by atoms with Crippen LogP contribution in [0.5, 0.6) is 0 Å². The SMILES string of the molecule is CCc1cc(C(=O)O)cc2c(CCN)cn(C(C)C)c12. The van der Waals surface area contributed by atoms with Gasteiger partial charge in [-0.3, -0.25) is 0 Å². The number of nitrogens with zero attached hydrogens (tertiary/aromatic N) is 1. The highest BCUT2D eigenvalue weighted by Gasteiger charge is 2.16. The van der Waals surface area contributed by atoms with Crippen molar-refractivity contribution >= 4 is 16.9 Å². The van der Waals surface area contributed by atoms with Crippen molar-refractivity contribution in [3.8, 4) is 0 Å². The molecule has 1 heterocycles. The highest BCUT2D eigenvalue weighted by Crippen LogP contribution is 2.30. The molecular weight excluding hydrogens is 252 g/mol. The van der Waals surface area contributed by atoms with E-state index < -0.39 is 5.97 Å². The average Bonchev–Trinajstić information content (AvgIpc) is 2.77. The Kier molecular flexibility index (Phi) is 4.14. The van der Waals surface area contributed by atoms with E-state index in [4.69, 9.17) is 5.73 Å². The molecule has 0 spiro atoms. The molecule has 0 unspecified atom stereocenters. The topological polar surface area (TPSA) is 68.2 Å². The normalized spacial score (nSPS) is 11.4. The second-order valence-corrected chi connectivity index (χ2v) is 5.38. The van der Waals surface area contributed by atoms with Gasteiger partial charge in [0.05, 0.1) is 11.1 Å². The molecule has 0 amide bonds. The van der Waals surface area contributed by atoms with Gasteiger partial charge in [0.1, 0.15) is 0 Å². The van der Waals surface area contributed by atoms with Gasteiger partial charge in [0.2, 0.25) is 0 Å². The quantitative estimate of drug-likeness (QED) is 0.880. The van der Waals surface area contributed by atoms with Crippen LogP contribution in [0.25, 0.3) is 10.9 Å². The number of hydrogen-bond acceptors (Lipinski definition) is 2. The fourth-order valence-electron chi connectivity index (χ4n) is 2.70. The summed E-state index contributed by atoms with van der Waals surface area (Å²) in [7, 11) is 0. The number of hydrogen-bond donors (Lipinski definition) is 2. The van der Waals surface area contributed by atoms with Gasteiger partial charge in [-0.05, 0) is 56.5 Å². The number of rotatable bonds is 5. The van der Waals surface area contributed by atoms with Crippen LogP contribution in [0.2, 0.25) is 0 Å². The van der Waals surface area contributed by atoms with Gasteiger partial charge in [-0.15, -0.1) is 0 Å². The first-order chi connectivity index (χ1) is 9.49. The Bertz CT molecular complexity index is 641. The number of carbonyl (C=O) groups is 1. The smallest absolute Gasteiger partial charge is 0.335 e. The van der Waals surface area contributed by atoms with Crippen molar-refractivity contribution in [3.05, 3.63) is 35.0 Å². The summed E-state index contributed by atoms with van der Waals surface area (Å²) in [5, 5.41) is 10.3. The van der Waals surface area contributed by atoms with Crippen molar-refractivity contribution in [3.63, 3.8) is 0 Å². The zero-order chi connectivity index (χ0) is 14.9. The molecule has 0 aliphatic carbocycles. The molecule has 0 fully saturated rings. The van der Waals surface area contributed by atoms with Crippen LogP contribution in [0.4, 0.5) is 0 Å². The molecule has 1 aromatic heterocycles. The van der Waals surface area contributed by atoms with Gasteiger partial charge in [0.15, 0.2) is 0 Å². The standard InChI is InChI=1S/C16H22N2O2/c1-4-11-7-13(16(19)20)8-14-12(5-6-17)9-18(10(2)3)15(11)14/h7-10H,4-6,17H2,1-3H3,(H,19,20). The first-order valence-corrected chi connectivity index (χ1v) is 7.09. The lowest BCUT2D eigenvalue weighted by molar-refractivity contribution is 0.0697. The number of carboxylic acid groups (broad SMARTS) is 1. The van der Waals surface area contributed by atoms with Crippen LogP contribution < -0.4 is 5.73 Å². The van der Waals surface area contributed by atoms with Crippen LogP contribution in [0.15, 0.2) is 18.3 Å². The van der Waals surface area contributed by atoms with E-state index in [0.29, 0.717) is 18.2 Å². The number of carboxylic acids is 1. The summed E-state index contributed by atoms with van der Waals surface area (Å²) >= 11 is 0. The van der Waals surface area contributed by atoms with E-state index in [9.17, 15) is 9.90 Å². The number of aromatic nitrogens is 1. The molecule has 3 N–H and O–H groups in total. The molecule has 1 aromatic carbocycles. The van der Waals surface area contributed by atoms with Gasteiger partial charge in [-0.25, -0.2) is 4.79 Å². The van der Waals surface area contributed by atoms with Crippen molar-refractivity contribution < 1.29 is 9.90 Å². The van der Waals surface area contributed by atoms with Crippen LogP contribution in [0.3, 0.4) is 0 Å². The molecule has 0 aliphatic heterocycles. The zero-order valence-corrected chi connectivity index (χ0v) is 12.3. The average molecular weight is 274 g/mol. The molecule has 20 heavy (non-hydrogen) atoms. The summed E-state index contributed by atoms with van der Waals surface area (Å²) in [5.74, 6) is -0.877. The number of fused-ring (bicyclic) bond motifs is 1. The Morgan fingerprint density at radius 1 is 1.35 bits per heavy atom. The number of benzene rings is 1. The minimum Gasteiger partial charge on any atom is -0.478 e. The van der Waals surface area contributed by atoms with Crippen molar-refractivity contribution in [1.29, 1.82) is 0 Å². The molecule has 0 atom stereocenters. The molecular formula is C16H22N2O2. The molecule has 0 bridgehead atoms. The molecule has 0 saturated heterocycles. The minimum absolute atomic E-state index is 0.338. The molecule has 0 radical (unpaired) electrons. The summed E-state index contributed by atoms with van der Waals surface area (Å²) < 4.78 is 2.23. The summed E-state index contributed by atoms with van der Waals surface area (Å²) in [6.45, 7) is 6.89. The fraction of sp³-hybridized carbons (Fsp3) is 0.438. The minimum atomic E-state index is -0.877. The van der Waals surface area contributed by atoms with Gasteiger partial charge >= 0.3 is 5.97 Å². The maximum atomic E-state index is 11.3. The van der Waals surface area contributed by atoms with Gasteiger partial charge in [0.25, 0.3) is 0 Å².